The Kier molecular flexibility index (Phi) is 41.0. The first-order chi connectivity index (χ1) is 26.5. The van der Waals surface area contributed by atoms with Crippen molar-refractivity contribution in [3.63, 3.8) is 0 Å². The van der Waals surface area contributed by atoms with E-state index in [0.29, 0.717) is 19.3 Å². The van der Waals surface area contributed by atoms with E-state index in [0.717, 1.165) is 89.9 Å². The number of carbonyl (C=O) groups excluding carboxylic acids is 3. The molecule has 0 rings (SSSR count). The van der Waals surface area contributed by atoms with Crippen LogP contribution in [0.3, 0.4) is 0 Å². The highest BCUT2D eigenvalue weighted by atomic mass is 16.6. The summed E-state index contributed by atoms with van der Waals surface area (Å²) in [5.41, 5.74) is 0. The van der Waals surface area contributed by atoms with Crippen LogP contribution in [0.25, 0.3) is 0 Å². The number of unbranched alkanes of at least 4 members (excludes halogenated alkanes) is 21. The van der Waals surface area contributed by atoms with Gasteiger partial charge in [-0.3, -0.25) is 14.4 Å². The Morgan fingerprint density at radius 3 is 1.13 bits per heavy atom. The summed E-state index contributed by atoms with van der Waals surface area (Å²) in [6, 6.07) is 0. The smallest absolute Gasteiger partial charge is 0.306 e. The Morgan fingerprint density at radius 2 is 0.722 bits per heavy atom. The van der Waals surface area contributed by atoms with E-state index in [9.17, 15) is 14.4 Å². The molecule has 6 nitrogen and oxygen atoms in total. The summed E-state index contributed by atoms with van der Waals surface area (Å²) in [5, 5.41) is 0. The second-order valence-corrected chi connectivity index (χ2v) is 14.9. The lowest BCUT2D eigenvalue weighted by Crippen LogP contribution is -2.30. The Hall–Kier alpha value is -2.63. The van der Waals surface area contributed by atoms with Crippen molar-refractivity contribution in [1.82, 2.24) is 0 Å². The summed E-state index contributed by atoms with van der Waals surface area (Å²) < 4.78 is 16.7. The van der Waals surface area contributed by atoms with Crippen LogP contribution in [-0.4, -0.2) is 37.2 Å². The third-order valence-corrected chi connectivity index (χ3v) is 9.60. The standard InChI is InChI=1S/C48H84O6/c1-4-7-10-13-16-19-22-23-24-25-26-27-30-32-35-38-41-47(50)53-44-45(54-48(51)42-39-36-33-29-21-18-15-12-9-6-3)43-52-46(49)40-37-34-31-28-20-17-14-11-8-5-2/h7,10,16,19,23-24,26-27,45H,4-6,8-9,11-15,17-18,20-22,25,28-44H2,1-3H3/b10-7-,19-16-,24-23-,27-26-. The summed E-state index contributed by atoms with van der Waals surface area (Å²) in [7, 11) is 0. The molecule has 0 radical (unpaired) electrons. The predicted octanol–water partition coefficient (Wildman–Crippen LogP) is 14.4. The largest absolute Gasteiger partial charge is 0.462 e. The van der Waals surface area contributed by atoms with Gasteiger partial charge >= 0.3 is 17.9 Å². The Morgan fingerprint density at radius 1 is 0.389 bits per heavy atom. The van der Waals surface area contributed by atoms with Crippen molar-refractivity contribution < 1.29 is 28.6 Å². The first-order valence-electron chi connectivity index (χ1n) is 22.6. The quantitative estimate of drug-likeness (QED) is 0.0268. The summed E-state index contributed by atoms with van der Waals surface area (Å²) in [6.07, 6.45) is 49.5. The monoisotopic (exact) mass is 757 g/mol. The van der Waals surface area contributed by atoms with Crippen LogP contribution in [0.2, 0.25) is 0 Å². The average Bonchev–Trinajstić information content (AvgIpc) is 3.17. The Balaban J connectivity index is 4.39. The van der Waals surface area contributed by atoms with Gasteiger partial charge in [0.1, 0.15) is 13.2 Å². The van der Waals surface area contributed by atoms with E-state index in [1.165, 1.54) is 89.9 Å². The van der Waals surface area contributed by atoms with E-state index in [4.69, 9.17) is 14.2 Å². The van der Waals surface area contributed by atoms with E-state index >= 15 is 0 Å². The summed E-state index contributed by atoms with van der Waals surface area (Å²) in [6.45, 7) is 6.46. The van der Waals surface area contributed by atoms with Gasteiger partial charge in [0.05, 0.1) is 0 Å². The number of carbonyl (C=O) groups is 3. The van der Waals surface area contributed by atoms with Gasteiger partial charge in [-0.25, -0.2) is 0 Å². The highest BCUT2D eigenvalue weighted by Crippen LogP contribution is 2.14. The lowest BCUT2D eigenvalue weighted by atomic mass is 10.1. The number of ether oxygens (including phenoxy) is 3. The lowest BCUT2D eigenvalue weighted by molar-refractivity contribution is -0.167. The van der Waals surface area contributed by atoms with Crippen molar-refractivity contribution >= 4 is 17.9 Å². The number of allylic oxidation sites excluding steroid dienone is 8. The molecule has 0 spiro atoms. The molecule has 0 aromatic heterocycles. The maximum atomic E-state index is 12.7. The van der Waals surface area contributed by atoms with Gasteiger partial charge in [-0.15, -0.1) is 0 Å². The molecule has 0 bridgehead atoms. The molecule has 0 saturated carbocycles. The van der Waals surface area contributed by atoms with Gasteiger partial charge in [0.15, 0.2) is 6.10 Å². The minimum Gasteiger partial charge on any atom is -0.462 e. The average molecular weight is 757 g/mol. The first-order valence-corrected chi connectivity index (χ1v) is 22.6. The molecule has 0 heterocycles. The van der Waals surface area contributed by atoms with Gasteiger partial charge in [-0.1, -0.05) is 191 Å². The van der Waals surface area contributed by atoms with Gasteiger partial charge in [0.25, 0.3) is 0 Å². The van der Waals surface area contributed by atoms with Crippen molar-refractivity contribution in [2.24, 2.45) is 0 Å². The van der Waals surface area contributed by atoms with Crippen LogP contribution >= 0.6 is 0 Å². The van der Waals surface area contributed by atoms with Crippen molar-refractivity contribution in [2.45, 2.75) is 226 Å². The molecule has 0 saturated heterocycles. The van der Waals surface area contributed by atoms with Crippen molar-refractivity contribution in [2.75, 3.05) is 13.2 Å². The highest BCUT2D eigenvalue weighted by Gasteiger charge is 2.19. The summed E-state index contributed by atoms with van der Waals surface area (Å²) in [5.74, 6) is -0.916. The van der Waals surface area contributed by atoms with Crippen LogP contribution in [0.5, 0.6) is 0 Å². The lowest BCUT2D eigenvalue weighted by Gasteiger charge is -2.18. The normalized spacial score (nSPS) is 12.4. The van der Waals surface area contributed by atoms with Crippen molar-refractivity contribution in [3.05, 3.63) is 48.6 Å². The minimum absolute atomic E-state index is 0.0808. The maximum Gasteiger partial charge on any atom is 0.306 e. The zero-order chi connectivity index (χ0) is 39.4. The molecular weight excluding hydrogens is 673 g/mol. The highest BCUT2D eigenvalue weighted by molar-refractivity contribution is 5.71. The second-order valence-electron chi connectivity index (χ2n) is 14.9. The molecule has 0 aliphatic carbocycles. The van der Waals surface area contributed by atoms with E-state index in [-0.39, 0.29) is 31.1 Å². The van der Waals surface area contributed by atoms with Crippen molar-refractivity contribution in [1.29, 1.82) is 0 Å². The minimum atomic E-state index is -0.778. The van der Waals surface area contributed by atoms with E-state index in [2.05, 4.69) is 69.4 Å². The van der Waals surface area contributed by atoms with Crippen LogP contribution in [0.15, 0.2) is 48.6 Å². The SMILES string of the molecule is CC/C=C\C/C=C\C/C=C\C/C=C\CCCCCC(=O)OCC(COC(=O)CCCCCCCCCCCC)OC(=O)CCCCCCCCCCCC. The van der Waals surface area contributed by atoms with Crippen LogP contribution in [0.1, 0.15) is 220 Å². The van der Waals surface area contributed by atoms with Crippen LogP contribution in [0, 0.1) is 0 Å². The molecule has 1 atom stereocenters. The maximum absolute atomic E-state index is 12.7. The van der Waals surface area contributed by atoms with E-state index < -0.39 is 6.10 Å². The number of hydrogen-bond donors (Lipinski definition) is 0. The molecule has 0 aliphatic rings. The molecule has 0 aromatic rings. The Labute approximate surface area is 333 Å². The van der Waals surface area contributed by atoms with Gasteiger partial charge in [0.2, 0.25) is 0 Å². The van der Waals surface area contributed by atoms with Crippen molar-refractivity contribution in [3.8, 4) is 0 Å². The van der Waals surface area contributed by atoms with E-state index in [1.54, 1.807) is 0 Å². The number of hydrogen-bond acceptors (Lipinski definition) is 6. The summed E-state index contributed by atoms with van der Waals surface area (Å²) in [4.78, 5) is 37.6. The second kappa shape index (κ2) is 43.1. The molecule has 312 valence electrons. The number of rotatable bonds is 40. The summed E-state index contributed by atoms with van der Waals surface area (Å²) >= 11 is 0. The zero-order valence-electron chi connectivity index (χ0n) is 35.5. The molecule has 0 N–H and O–H groups in total. The molecule has 6 heteroatoms. The van der Waals surface area contributed by atoms with Crippen LogP contribution in [0.4, 0.5) is 0 Å². The van der Waals surface area contributed by atoms with E-state index in [1.807, 2.05) is 0 Å². The predicted molar refractivity (Wildman–Crippen MR) is 229 cm³/mol. The first kappa shape index (κ1) is 51.4. The fourth-order valence-corrected chi connectivity index (χ4v) is 6.20. The van der Waals surface area contributed by atoms with Gasteiger partial charge < -0.3 is 14.2 Å². The molecule has 0 fully saturated rings. The Bertz CT molecular complexity index is 964. The van der Waals surface area contributed by atoms with Gasteiger partial charge in [-0.2, -0.15) is 0 Å². The molecule has 54 heavy (non-hydrogen) atoms. The molecule has 0 aromatic carbocycles. The van der Waals surface area contributed by atoms with Crippen LogP contribution < -0.4 is 0 Å². The molecular formula is C48H84O6. The van der Waals surface area contributed by atoms with Gasteiger partial charge in [0, 0.05) is 19.3 Å². The third-order valence-electron chi connectivity index (χ3n) is 9.60. The fraction of sp³-hybridized carbons (Fsp3) is 0.771. The molecule has 0 amide bonds. The molecule has 1 unspecified atom stereocenters. The fourth-order valence-electron chi connectivity index (χ4n) is 6.20. The topological polar surface area (TPSA) is 78.9 Å². The number of esters is 3. The third kappa shape index (κ3) is 40.6. The zero-order valence-corrected chi connectivity index (χ0v) is 35.5. The van der Waals surface area contributed by atoms with Gasteiger partial charge in [-0.05, 0) is 57.8 Å². The molecule has 0 aliphatic heterocycles. The van der Waals surface area contributed by atoms with Crippen LogP contribution in [-0.2, 0) is 28.6 Å².